The van der Waals surface area contributed by atoms with Crippen molar-refractivity contribution in [3.05, 3.63) is 11.5 Å². The minimum Gasteiger partial charge on any atom is -0.476 e. The Balaban J connectivity index is 4.44. The number of rotatable bonds is 2. The summed E-state index contributed by atoms with van der Waals surface area (Å²) in [5.74, 6) is -3.15. The highest BCUT2D eigenvalue weighted by atomic mass is 19.1. The van der Waals surface area contributed by atoms with Crippen LogP contribution in [0.1, 0.15) is 27.7 Å². The van der Waals surface area contributed by atoms with Crippen molar-refractivity contribution in [2.75, 3.05) is 0 Å². The van der Waals surface area contributed by atoms with Gasteiger partial charge in [-0.3, -0.25) is 5.32 Å². The first kappa shape index (κ1) is 13.4. The Hall–Kier alpha value is -1.59. The van der Waals surface area contributed by atoms with Crippen molar-refractivity contribution in [1.82, 2.24) is 5.32 Å². The molecule has 0 fully saturated rings. The van der Waals surface area contributed by atoms with Crippen LogP contribution in [0.25, 0.3) is 0 Å². The molecular weight excluding hydrogens is 205 g/mol. The molecule has 86 valence electrons. The summed E-state index contributed by atoms with van der Waals surface area (Å²) in [5, 5.41) is 10.3. The number of alkyl carbamates (subject to hydrolysis) is 1. The summed E-state index contributed by atoms with van der Waals surface area (Å²) in [7, 11) is 0. The van der Waals surface area contributed by atoms with Gasteiger partial charge in [0, 0.05) is 0 Å². The van der Waals surface area contributed by atoms with Gasteiger partial charge in [-0.2, -0.15) is 4.39 Å². The van der Waals surface area contributed by atoms with E-state index in [1.807, 2.05) is 5.32 Å². The molecule has 0 saturated carbocycles. The molecule has 0 heterocycles. The number of amides is 1. The topological polar surface area (TPSA) is 75.6 Å². The van der Waals surface area contributed by atoms with E-state index in [4.69, 9.17) is 9.84 Å². The van der Waals surface area contributed by atoms with Gasteiger partial charge in [-0.15, -0.1) is 0 Å². The van der Waals surface area contributed by atoms with Gasteiger partial charge >= 0.3 is 12.1 Å². The second-order valence-electron chi connectivity index (χ2n) is 3.87. The average Bonchev–Trinajstić information content (AvgIpc) is 1.98. The number of carbonyl (C=O) groups excluding carboxylic acids is 1. The fourth-order valence-corrected chi connectivity index (χ4v) is 0.672. The third-order valence-corrected chi connectivity index (χ3v) is 1.21. The van der Waals surface area contributed by atoms with Crippen LogP contribution in [0.4, 0.5) is 9.18 Å². The summed E-state index contributed by atoms with van der Waals surface area (Å²) < 4.78 is 17.5. The summed E-state index contributed by atoms with van der Waals surface area (Å²) in [6.45, 7) is 6.05. The summed E-state index contributed by atoms with van der Waals surface area (Å²) >= 11 is 0. The molecule has 0 aliphatic heterocycles. The minimum absolute atomic E-state index is 0.392. The fraction of sp³-hybridized carbons (Fsp3) is 0.556. The molecule has 0 bridgehead atoms. The zero-order chi connectivity index (χ0) is 12.2. The van der Waals surface area contributed by atoms with E-state index in [0.29, 0.717) is 0 Å². The zero-order valence-corrected chi connectivity index (χ0v) is 9.05. The van der Waals surface area contributed by atoms with Crippen LogP contribution in [0.2, 0.25) is 0 Å². The normalized spacial score (nSPS) is 12.9. The number of ether oxygens (including phenoxy) is 1. The lowest BCUT2D eigenvalue weighted by Gasteiger charge is -2.19. The predicted molar refractivity (Wildman–Crippen MR) is 50.8 cm³/mol. The second-order valence-corrected chi connectivity index (χ2v) is 3.87. The van der Waals surface area contributed by atoms with Crippen LogP contribution in [-0.4, -0.2) is 22.8 Å². The average molecular weight is 219 g/mol. The van der Waals surface area contributed by atoms with E-state index >= 15 is 0 Å². The first-order chi connectivity index (χ1) is 6.63. The van der Waals surface area contributed by atoms with Gasteiger partial charge in [0.1, 0.15) is 5.60 Å². The smallest absolute Gasteiger partial charge is 0.411 e. The SMILES string of the molecule is C/C(NC(=O)OC(C)(C)C)=C(\F)C(=O)O. The number of carboxylic acid groups (broad SMARTS) is 1. The lowest BCUT2D eigenvalue weighted by molar-refractivity contribution is -0.134. The Morgan fingerprint density at radius 2 is 1.80 bits per heavy atom. The van der Waals surface area contributed by atoms with Gasteiger partial charge in [0.15, 0.2) is 0 Å². The molecule has 1 amide bonds. The van der Waals surface area contributed by atoms with Crippen LogP contribution >= 0.6 is 0 Å². The van der Waals surface area contributed by atoms with Crippen LogP contribution in [0, 0.1) is 0 Å². The van der Waals surface area contributed by atoms with E-state index < -0.39 is 29.2 Å². The quantitative estimate of drug-likeness (QED) is 0.694. The number of carboxylic acids is 1. The molecule has 0 aliphatic rings. The van der Waals surface area contributed by atoms with Crippen molar-refractivity contribution in [3.8, 4) is 0 Å². The monoisotopic (exact) mass is 219 g/mol. The van der Waals surface area contributed by atoms with Gasteiger partial charge in [0.2, 0.25) is 5.83 Å². The van der Waals surface area contributed by atoms with Crippen molar-refractivity contribution < 1.29 is 23.8 Å². The van der Waals surface area contributed by atoms with E-state index in [9.17, 15) is 14.0 Å². The largest absolute Gasteiger partial charge is 0.476 e. The molecule has 0 spiro atoms. The number of allylic oxidation sites excluding steroid dienone is 1. The van der Waals surface area contributed by atoms with Crippen molar-refractivity contribution in [2.45, 2.75) is 33.3 Å². The van der Waals surface area contributed by atoms with Gasteiger partial charge in [0.25, 0.3) is 0 Å². The van der Waals surface area contributed by atoms with Crippen LogP contribution < -0.4 is 5.32 Å². The van der Waals surface area contributed by atoms with Crippen LogP contribution in [0.3, 0.4) is 0 Å². The Morgan fingerprint density at radius 3 is 2.13 bits per heavy atom. The lowest BCUT2D eigenvalue weighted by Crippen LogP contribution is -2.32. The van der Waals surface area contributed by atoms with Crippen molar-refractivity contribution >= 4 is 12.1 Å². The zero-order valence-electron chi connectivity index (χ0n) is 9.05. The van der Waals surface area contributed by atoms with Crippen molar-refractivity contribution in [1.29, 1.82) is 0 Å². The maximum absolute atomic E-state index is 12.7. The van der Waals surface area contributed by atoms with Gasteiger partial charge in [-0.05, 0) is 27.7 Å². The third-order valence-electron chi connectivity index (χ3n) is 1.21. The van der Waals surface area contributed by atoms with E-state index in [1.165, 1.54) is 0 Å². The summed E-state index contributed by atoms with van der Waals surface area (Å²) in [6, 6.07) is 0. The molecule has 0 radical (unpaired) electrons. The standard InChI is InChI=1S/C9H14FNO4/c1-5(6(10)7(12)13)11-8(14)15-9(2,3)4/h1-4H3,(H,11,14)(H,12,13)/b6-5+. The summed E-state index contributed by atoms with van der Waals surface area (Å²) in [4.78, 5) is 21.3. The molecule has 0 rings (SSSR count). The number of hydrogen-bond donors (Lipinski definition) is 2. The number of nitrogens with one attached hydrogen (secondary N) is 1. The fourth-order valence-electron chi connectivity index (χ4n) is 0.672. The van der Waals surface area contributed by atoms with E-state index in [0.717, 1.165) is 6.92 Å². The molecule has 5 nitrogen and oxygen atoms in total. The van der Waals surface area contributed by atoms with Gasteiger partial charge in [-0.25, -0.2) is 9.59 Å². The lowest BCUT2D eigenvalue weighted by atomic mass is 10.2. The van der Waals surface area contributed by atoms with Crippen LogP contribution in [-0.2, 0) is 9.53 Å². The molecule has 0 unspecified atom stereocenters. The molecule has 0 aromatic carbocycles. The molecule has 0 aromatic rings. The summed E-state index contributed by atoms with van der Waals surface area (Å²) in [6.07, 6.45) is -0.892. The van der Waals surface area contributed by atoms with E-state index in [2.05, 4.69) is 0 Å². The van der Waals surface area contributed by atoms with Gasteiger partial charge in [0.05, 0.1) is 5.70 Å². The highest BCUT2D eigenvalue weighted by Crippen LogP contribution is 2.08. The molecule has 0 atom stereocenters. The first-order valence-electron chi connectivity index (χ1n) is 4.23. The van der Waals surface area contributed by atoms with Crippen molar-refractivity contribution in [3.63, 3.8) is 0 Å². The number of carbonyl (C=O) groups is 2. The molecule has 15 heavy (non-hydrogen) atoms. The van der Waals surface area contributed by atoms with Crippen molar-refractivity contribution in [2.24, 2.45) is 0 Å². The van der Waals surface area contributed by atoms with Crippen LogP contribution in [0.15, 0.2) is 11.5 Å². The molecule has 6 heteroatoms. The van der Waals surface area contributed by atoms with Gasteiger partial charge in [-0.1, -0.05) is 0 Å². The Bertz CT molecular complexity index is 304. The van der Waals surface area contributed by atoms with E-state index in [-0.39, 0.29) is 0 Å². The first-order valence-corrected chi connectivity index (χ1v) is 4.23. The number of hydrogen-bond acceptors (Lipinski definition) is 3. The highest BCUT2D eigenvalue weighted by Gasteiger charge is 2.18. The Labute approximate surface area is 86.9 Å². The second kappa shape index (κ2) is 4.77. The molecule has 0 aromatic heterocycles. The molecule has 0 aliphatic carbocycles. The Morgan fingerprint density at radius 1 is 1.33 bits per heavy atom. The molecule has 2 N–H and O–H groups in total. The predicted octanol–water partition coefficient (Wildman–Crippen LogP) is 1.80. The minimum atomic E-state index is -1.73. The number of aliphatic carboxylic acids is 1. The molecule has 0 saturated heterocycles. The van der Waals surface area contributed by atoms with Crippen LogP contribution in [0.5, 0.6) is 0 Å². The highest BCUT2D eigenvalue weighted by molar-refractivity contribution is 5.85. The third kappa shape index (κ3) is 5.66. The molecular formula is C9H14FNO4. The summed E-state index contributed by atoms with van der Waals surface area (Å²) in [5.41, 5.74) is -1.11. The maximum atomic E-state index is 12.7. The Kier molecular flexibility index (Phi) is 4.26. The van der Waals surface area contributed by atoms with E-state index in [1.54, 1.807) is 20.8 Å². The van der Waals surface area contributed by atoms with Gasteiger partial charge < -0.3 is 9.84 Å². The number of halogens is 1. The maximum Gasteiger partial charge on any atom is 0.411 e.